The molecule has 88 heavy (non-hydrogen) atoms. The smallest absolute Gasteiger partial charge is 0.351 e. The van der Waals surface area contributed by atoms with Gasteiger partial charge in [0.05, 0.1) is 85.1 Å². The lowest BCUT2D eigenvalue weighted by Crippen LogP contribution is -2.47. The fourth-order valence-corrected chi connectivity index (χ4v) is 21.3. The molecule has 0 aromatic heterocycles. The van der Waals surface area contributed by atoms with Crippen molar-refractivity contribution in [3.63, 3.8) is 0 Å². The van der Waals surface area contributed by atoms with Crippen LogP contribution in [0.1, 0.15) is 49.9 Å². The molecule has 10 rings (SSSR count). The molecule has 6 aromatic carbocycles. The average Bonchev–Trinajstić information content (AvgIpc) is 1.49. The quantitative estimate of drug-likeness (QED) is 0.0226. The summed E-state index contributed by atoms with van der Waals surface area (Å²) in [5.41, 5.74) is 0.767. The molecule has 6 aromatic rings. The zero-order valence-electron chi connectivity index (χ0n) is 49.5. The van der Waals surface area contributed by atoms with E-state index in [-0.39, 0.29) is 44.6 Å². The minimum absolute atomic E-state index is 0.0825. The van der Waals surface area contributed by atoms with Crippen molar-refractivity contribution in [1.82, 2.24) is 0 Å². The zero-order valence-corrected chi connectivity index (χ0v) is 53.7. The largest absolute Gasteiger partial charge is 0.468 e. The van der Waals surface area contributed by atoms with E-state index in [9.17, 15) is 45.1 Å². The number of rotatable bonds is 17. The standard InChI is InChI=1S/C34H34O7S3.C28H24O4S.C3H6O2S.CH3BF.F2/c1-33-27(22-14-8-5-9-15-22)28(23-16-10-6-11-17-23)34(2,32(33)37)30(44(38,39)24-18-12-7-13-19-24)29(33)31(42-20-25(35)40-3)43-21-26(36)41-4;1-27-22(18-29)25(33(31,32)21-16-10-5-11-17-21)28(2,26(27)30)24(20-14-8-4-9-15-20)23(27)19-12-6-3-7-13-19;1-5-3(4)2-6;1-2-3;1-2/h5-19,29-31H,20-21H2,1-4H3;3-18,22,25H,1-2H3;6H,2H2,1H3;1H3;. The summed E-state index contributed by atoms with van der Waals surface area (Å²) in [7, 11) is -3.73. The minimum Gasteiger partial charge on any atom is -0.468 e. The molecule has 463 valence electrons. The highest BCUT2D eigenvalue weighted by Gasteiger charge is 2.77. The normalized spacial score (nSPS) is 23.8. The van der Waals surface area contributed by atoms with Crippen molar-refractivity contribution < 1.29 is 73.3 Å². The Morgan fingerprint density at radius 1 is 0.511 bits per heavy atom. The Morgan fingerprint density at radius 3 is 1.08 bits per heavy atom. The van der Waals surface area contributed by atoms with Crippen molar-refractivity contribution in [2.24, 2.45) is 33.5 Å². The summed E-state index contributed by atoms with van der Waals surface area (Å²) in [5, 5.41) is -2.39. The van der Waals surface area contributed by atoms with Crippen molar-refractivity contribution in [3.8, 4) is 0 Å². The van der Waals surface area contributed by atoms with Crippen molar-refractivity contribution >= 4 is 121 Å². The molecule has 8 unspecified atom stereocenters. The van der Waals surface area contributed by atoms with Gasteiger partial charge in [-0.1, -0.05) is 165 Å². The van der Waals surface area contributed by atoms with Gasteiger partial charge in [-0.05, 0) is 96.5 Å². The number of ether oxygens (including phenoxy) is 3. The van der Waals surface area contributed by atoms with E-state index in [0.29, 0.717) is 25.0 Å². The molecule has 0 N–H and O–H groups in total. The fourth-order valence-electron chi connectivity index (χ4n) is 13.2. The molecule has 0 spiro atoms. The van der Waals surface area contributed by atoms with Crippen LogP contribution < -0.4 is 0 Å². The van der Waals surface area contributed by atoms with Gasteiger partial charge < -0.3 is 23.3 Å². The van der Waals surface area contributed by atoms with E-state index in [1.54, 1.807) is 69.3 Å². The Labute approximate surface area is 527 Å². The molecule has 0 heterocycles. The first-order valence-electron chi connectivity index (χ1n) is 27.5. The van der Waals surface area contributed by atoms with Gasteiger partial charge in [0.2, 0.25) is 0 Å². The van der Waals surface area contributed by atoms with Gasteiger partial charge in [-0.3, -0.25) is 24.0 Å². The second kappa shape index (κ2) is 30.0. The van der Waals surface area contributed by atoms with Crippen LogP contribution in [0.3, 0.4) is 0 Å². The highest BCUT2D eigenvalue weighted by Crippen LogP contribution is 2.74. The van der Waals surface area contributed by atoms with Crippen LogP contribution in [0.2, 0.25) is 6.82 Å². The van der Waals surface area contributed by atoms with E-state index < -0.39 is 80.2 Å². The Morgan fingerprint density at radius 2 is 0.784 bits per heavy atom. The molecule has 4 aliphatic rings. The monoisotopic (exact) mass is 1300 g/mol. The third-order valence-electron chi connectivity index (χ3n) is 16.6. The first-order valence-corrected chi connectivity index (χ1v) is 33.3. The maximum atomic E-state index is 15.1. The van der Waals surface area contributed by atoms with Crippen molar-refractivity contribution in [2.75, 3.05) is 38.6 Å². The minimum atomic E-state index is -4.14. The molecule has 1 radical (unpaired) electrons. The molecule has 0 saturated heterocycles. The molecule has 2 saturated carbocycles. The predicted molar refractivity (Wildman–Crippen MR) is 343 cm³/mol. The molecule has 4 aliphatic carbocycles. The Bertz CT molecular complexity index is 3720. The second-order valence-electron chi connectivity index (χ2n) is 21.3. The lowest BCUT2D eigenvalue weighted by Gasteiger charge is -2.44. The van der Waals surface area contributed by atoms with Gasteiger partial charge in [-0.15, -0.1) is 23.5 Å². The molecule has 4 bridgehead atoms. The summed E-state index contributed by atoms with van der Waals surface area (Å²) < 4.78 is 97.2. The van der Waals surface area contributed by atoms with Crippen LogP contribution in [0.4, 0.5) is 13.5 Å². The van der Waals surface area contributed by atoms with E-state index in [1.807, 2.05) is 128 Å². The van der Waals surface area contributed by atoms with E-state index in [2.05, 4.69) is 17.4 Å². The number of carbonyl (C=O) groups is 6. The maximum Gasteiger partial charge on any atom is 0.351 e. The summed E-state index contributed by atoms with van der Waals surface area (Å²) >= 11 is 6.01. The van der Waals surface area contributed by atoms with Crippen LogP contribution in [-0.4, -0.2) is 114 Å². The van der Waals surface area contributed by atoms with Gasteiger partial charge in [0.1, 0.15) is 6.29 Å². The Balaban J connectivity index is 0.000000247. The third-order valence-corrected chi connectivity index (χ3v) is 24.5. The zero-order chi connectivity index (χ0) is 64.8. The van der Waals surface area contributed by atoms with E-state index in [4.69, 9.17) is 18.6 Å². The molecule has 0 amide bonds. The van der Waals surface area contributed by atoms with Gasteiger partial charge in [0.25, 0.3) is 0 Å². The number of thioether (sulfide) groups is 2. The number of ketones is 2. The summed E-state index contributed by atoms with van der Waals surface area (Å²) in [4.78, 5) is 76.7. The van der Waals surface area contributed by atoms with E-state index >= 15 is 4.79 Å². The number of fused-ring (bicyclic) bond motifs is 4. The number of Topliss-reactive ketones (excluding diaryl/α,β-unsaturated/α-hetero) is 2. The molecule has 8 atom stereocenters. The molecule has 22 heteroatoms. The lowest BCUT2D eigenvalue weighted by atomic mass is 9.67. The number of thiol groups is 1. The number of hydrogen-bond acceptors (Lipinski definition) is 16. The van der Waals surface area contributed by atoms with Crippen LogP contribution in [0.25, 0.3) is 22.3 Å². The maximum absolute atomic E-state index is 15.1. The molecule has 2 fully saturated rings. The van der Waals surface area contributed by atoms with Gasteiger partial charge in [-0.2, -0.15) is 12.6 Å². The number of aldehydes is 1. The SMILES string of the molecule is CC12C(=O)C(C)(C(c3ccccc3)=C1c1ccccc1)C(S(=O)(=O)c1ccccc1)C2C=O.COC(=O)CS.COC(=O)CSC(SCC(=O)OC)C1C(S(=O)(=O)c2ccccc2)C2(C)C(=O)C1(C)C(c1ccccc1)=C2c1ccccc1.C[B]F.FF. The molecular weight excluding hydrogens is 1230 g/mol. The first kappa shape index (κ1) is 70.1. The first-order chi connectivity index (χ1) is 42.0. The number of methoxy groups -OCH3 is 3. The summed E-state index contributed by atoms with van der Waals surface area (Å²) in [6, 6.07) is 54.3. The lowest BCUT2D eigenvalue weighted by molar-refractivity contribution is -0.138. The fraction of sp³-hybridized carbons (Fsp3) is 0.303. The van der Waals surface area contributed by atoms with Crippen LogP contribution in [0.5, 0.6) is 0 Å². The number of allylic oxidation sites excluding steroid dienone is 4. The number of carbonyl (C=O) groups excluding carboxylic acids is 6. The second-order valence-corrected chi connectivity index (χ2v) is 28.3. The van der Waals surface area contributed by atoms with Crippen molar-refractivity contribution in [1.29, 1.82) is 0 Å². The van der Waals surface area contributed by atoms with Crippen molar-refractivity contribution in [2.45, 2.75) is 59.4 Å². The summed E-state index contributed by atoms with van der Waals surface area (Å²) in [5.74, 6) is -3.50. The van der Waals surface area contributed by atoms with Crippen LogP contribution in [0, 0.1) is 33.5 Å². The summed E-state index contributed by atoms with van der Waals surface area (Å²) in [6.45, 7) is 8.37. The van der Waals surface area contributed by atoms with E-state index in [1.165, 1.54) is 63.8 Å². The Kier molecular flexibility index (Phi) is 23.9. The van der Waals surface area contributed by atoms with Gasteiger partial charge >= 0.3 is 25.5 Å². The predicted octanol–water partition coefficient (Wildman–Crippen LogP) is 12.2. The highest BCUT2D eigenvalue weighted by molar-refractivity contribution is 8.17. The molecular formula is C66H67BF3O13S5. The topological polar surface area (TPSA) is 198 Å². The Hall–Kier alpha value is -6.98. The molecule has 13 nitrogen and oxygen atoms in total. The van der Waals surface area contributed by atoms with Gasteiger partial charge in [0.15, 0.2) is 31.2 Å². The van der Waals surface area contributed by atoms with Gasteiger partial charge in [-0.25, -0.2) is 16.8 Å². The van der Waals surface area contributed by atoms with Crippen LogP contribution in [0.15, 0.2) is 192 Å². The molecule has 0 aliphatic heterocycles. The average molecular weight is 1300 g/mol. The van der Waals surface area contributed by atoms with E-state index in [0.717, 1.165) is 33.4 Å². The number of sulfone groups is 2. The third kappa shape index (κ3) is 12.9. The highest BCUT2D eigenvalue weighted by atomic mass is 32.2. The van der Waals surface area contributed by atoms with Crippen LogP contribution in [-0.2, 0) is 62.7 Å². The number of halogens is 3. The van der Waals surface area contributed by atoms with Gasteiger partial charge in [0, 0.05) is 21.0 Å². The number of benzene rings is 6. The number of esters is 3. The summed E-state index contributed by atoms with van der Waals surface area (Å²) in [6.07, 6.45) is 0.680. The van der Waals surface area contributed by atoms with Crippen LogP contribution >= 0.6 is 36.2 Å². The van der Waals surface area contributed by atoms with Crippen molar-refractivity contribution in [3.05, 3.63) is 204 Å². The number of hydrogen-bond donors (Lipinski definition) is 1.